The second-order valence-corrected chi connectivity index (χ2v) is 7.91. The molecule has 0 fully saturated rings. The van der Waals surface area contributed by atoms with Crippen molar-refractivity contribution in [1.82, 2.24) is 19.5 Å². The Morgan fingerprint density at radius 2 is 1.84 bits per heavy atom. The lowest BCUT2D eigenvalue weighted by atomic mass is 10.2. The van der Waals surface area contributed by atoms with Crippen LogP contribution >= 0.6 is 22.6 Å². The Balaban J connectivity index is 1.94. The van der Waals surface area contributed by atoms with E-state index >= 15 is 0 Å². The van der Waals surface area contributed by atoms with Crippen molar-refractivity contribution in [3.63, 3.8) is 0 Å². The summed E-state index contributed by atoms with van der Waals surface area (Å²) in [5.74, 6) is 0.544. The molecule has 0 aliphatic carbocycles. The van der Waals surface area contributed by atoms with Gasteiger partial charge in [-0.25, -0.2) is 4.98 Å². The maximum atomic E-state index is 13.5. The molecule has 9 nitrogen and oxygen atoms in total. The normalized spacial score (nSPS) is 11.8. The fourth-order valence-corrected chi connectivity index (χ4v) is 3.91. The van der Waals surface area contributed by atoms with Crippen LogP contribution in [0.2, 0.25) is 0 Å². The molecule has 31 heavy (non-hydrogen) atoms. The van der Waals surface area contributed by atoms with Crippen LogP contribution in [0.25, 0.3) is 16.6 Å². The summed E-state index contributed by atoms with van der Waals surface area (Å²) in [5, 5.41) is 13.1. The number of nitrogens with one attached hydrogen (secondary N) is 1. The number of nitriles is 1. The Labute approximate surface area is 190 Å². The highest BCUT2D eigenvalue weighted by atomic mass is 127. The standard InChI is InChI=1S/C21H17IN8O/c1-11(26-18-14(10-23)17(24)28-21(25)29-18)19-27-16-13(8-5-9-15(16)22)20(31)30(19)12-6-3-2-4-7-12/h2-9,11H,1H3,(H5,24,25,26,28,29)/t11-/m0/s1. The molecule has 2 aromatic carbocycles. The van der Waals surface area contributed by atoms with Gasteiger partial charge in [0.1, 0.15) is 23.3 Å². The molecule has 4 rings (SSSR count). The molecule has 0 spiro atoms. The highest BCUT2D eigenvalue weighted by molar-refractivity contribution is 14.1. The largest absolute Gasteiger partial charge is 0.382 e. The van der Waals surface area contributed by atoms with Crippen LogP contribution in [0.1, 0.15) is 24.4 Å². The van der Waals surface area contributed by atoms with Crippen molar-refractivity contribution in [2.45, 2.75) is 13.0 Å². The van der Waals surface area contributed by atoms with Crippen LogP contribution in [0.4, 0.5) is 17.6 Å². The molecule has 154 valence electrons. The number of hydrogen-bond acceptors (Lipinski definition) is 8. The van der Waals surface area contributed by atoms with E-state index in [1.165, 1.54) is 0 Å². The number of benzene rings is 2. The number of halogens is 1. The van der Waals surface area contributed by atoms with Crippen molar-refractivity contribution < 1.29 is 0 Å². The minimum Gasteiger partial charge on any atom is -0.382 e. The fourth-order valence-electron chi connectivity index (χ4n) is 3.29. The average molecular weight is 524 g/mol. The summed E-state index contributed by atoms with van der Waals surface area (Å²) in [4.78, 5) is 26.2. The highest BCUT2D eigenvalue weighted by Crippen LogP contribution is 2.26. The van der Waals surface area contributed by atoms with Gasteiger partial charge in [0, 0.05) is 3.57 Å². The molecule has 0 aliphatic rings. The molecular formula is C21H17IN8O. The van der Waals surface area contributed by atoms with Gasteiger partial charge in [-0.15, -0.1) is 0 Å². The first-order valence-corrected chi connectivity index (χ1v) is 10.3. The number of nitrogens with zero attached hydrogens (tertiary/aromatic N) is 5. The summed E-state index contributed by atoms with van der Waals surface area (Å²) < 4.78 is 2.41. The number of para-hydroxylation sites is 2. The molecule has 0 aliphatic heterocycles. The van der Waals surface area contributed by atoms with E-state index in [2.05, 4.69) is 37.9 Å². The minimum absolute atomic E-state index is 0.0221. The van der Waals surface area contributed by atoms with Gasteiger partial charge >= 0.3 is 0 Å². The van der Waals surface area contributed by atoms with E-state index in [0.717, 1.165) is 3.57 Å². The van der Waals surface area contributed by atoms with E-state index in [0.29, 0.717) is 22.4 Å². The monoisotopic (exact) mass is 524 g/mol. The lowest BCUT2D eigenvalue weighted by molar-refractivity contribution is 0.730. The van der Waals surface area contributed by atoms with Gasteiger partial charge in [-0.1, -0.05) is 24.3 Å². The summed E-state index contributed by atoms with van der Waals surface area (Å²) in [6, 6.07) is 16.2. The SMILES string of the molecule is C[C@H](Nc1nc(N)nc(N)c1C#N)c1nc2c(I)cccc2c(=O)n1-c1ccccc1. The Morgan fingerprint density at radius 1 is 1.10 bits per heavy atom. The second-order valence-electron chi connectivity index (χ2n) is 6.75. The third-order valence-corrected chi connectivity index (χ3v) is 5.57. The molecule has 1 atom stereocenters. The van der Waals surface area contributed by atoms with Gasteiger partial charge in [-0.3, -0.25) is 9.36 Å². The zero-order chi connectivity index (χ0) is 22.1. The van der Waals surface area contributed by atoms with E-state index in [1.807, 2.05) is 55.5 Å². The first-order chi connectivity index (χ1) is 14.9. The van der Waals surface area contributed by atoms with Crippen molar-refractivity contribution in [3.8, 4) is 11.8 Å². The minimum atomic E-state index is -0.519. The average Bonchev–Trinajstić information content (AvgIpc) is 2.74. The van der Waals surface area contributed by atoms with Crippen LogP contribution < -0.4 is 22.3 Å². The number of anilines is 3. The molecule has 2 aromatic heterocycles. The van der Waals surface area contributed by atoms with Gasteiger partial charge in [0.2, 0.25) is 5.95 Å². The molecule has 0 saturated carbocycles. The zero-order valence-corrected chi connectivity index (χ0v) is 18.5. The summed E-state index contributed by atoms with van der Waals surface area (Å²) >= 11 is 2.16. The van der Waals surface area contributed by atoms with Crippen LogP contribution in [-0.4, -0.2) is 19.5 Å². The van der Waals surface area contributed by atoms with Crippen LogP contribution in [0.3, 0.4) is 0 Å². The Hall–Kier alpha value is -3.72. The molecule has 10 heteroatoms. The maximum absolute atomic E-state index is 13.5. The number of fused-ring (bicyclic) bond motifs is 1. The Kier molecular flexibility index (Phi) is 5.43. The molecule has 2 heterocycles. The van der Waals surface area contributed by atoms with Crippen molar-refractivity contribution in [2.75, 3.05) is 16.8 Å². The summed E-state index contributed by atoms with van der Waals surface area (Å²) in [6.45, 7) is 1.82. The first kappa shape index (κ1) is 20.5. The van der Waals surface area contributed by atoms with E-state index in [4.69, 9.17) is 16.5 Å². The lowest BCUT2D eigenvalue weighted by Gasteiger charge is -2.21. The van der Waals surface area contributed by atoms with Crippen molar-refractivity contribution in [1.29, 1.82) is 5.26 Å². The topological polar surface area (TPSA) is 149 Å². The molecule has 0 unspecified atom stereocenters. The first-order valence-electron chi connectivity index (χ1n) is 9.27. The summed E-state index contributed by atoms with van der Waals surface area (Å²) in [6.07, 6.45) is 0. The Bertz CT molecular complexity index is 1390. The van der Waals surface area contributed by atoms with Gasteiger partial charge in [-0.05, 0) is 53.8 Å². The number of aromatic nitrogens is 4. The summed E-state index contributed by atoms with van der Waals surface area (Å²) in [7, 11) is 0. The third-order valence-electron chi connectivity index (χ3n) is 4.70. The molecule has 0 bridgehead atoms. The van der Waals surface area contributed by atoms with Crippen molar-refractivity contribution in [2.24, 2.45) is 0 Å². The predicted octanol–water partition coefficient (Wildman–Crippen LogP) is 2.99. The molecule has 0 amide bonds. The van der Waals surface area contributed by atoms with Gasteiger partial charge in [0.25, 0.3) is 5.56 Å². The van der Waals surface area contributed by atoms with Crippen molar-refractivity contribution >= 4 is 51.1 Å². The quantitative estimate of drug-likeness (QED) is 0.345. The molecule has 4 aromatic rings. The Morgan fingerprint density at radius 3 is 2.55 bits per heavy atom. The predicted molar refractivity (Wildman–Crippen MR) is 128 cm³/mol. The highest BCUT2D eigenvalue weighted by Gasteiger charge is 2.21. The van der Waals surface area contributed by atoms with E-state index in [-0.39, 0.29) is 28.7 Å². The lowest BCUT2D eigenvalue weighted by Crippen LogP contribution is -2.28. The molecule has 0 radical (unpaired) electrons. The summed E-state index contributed by atoms with van der Waals surface area (Å²) in [5.41, 5.74) is 12.7. The van der Waals surface area contributed by atoms with Crippen molar-refractivity contribution in [3.05, 3.63) is 73.8 Å². The zero-order valence-electron chi connectivity index (χ0n) is 16.4. The number of hydrogen-bond donors (Lipinski definition) is 3. The third kappa shape index (κ3) is 3.75. The second kappa shape index (κ2) is 8.19. The van der Waals surface area contributed by atoms with Gasteiger partial charge in [-0.2, -0.15) is 15.2 Å². The fraction of sp³-hybridized carbons (Fsp3) is 0.0952. The molecular weight excluding hydrogens is 507 g/mol. The smallest absolute Gasteiger partial charge is 0.266 e. The van der Waals surface area contributed by atoms with E-state index in [9.17, 15) is 10.1 Å². The van der Waals surface area contributed by atoms with Crippen LogP contribution in [0, 0.1) is 14.9 Å². The maximum Gasteiger partial charge on any atom is 0.266 e. The molecule has 5 N–H and O–H groups in total. The molecule has 0 saturated heterocycles. The van der Waals surface area contributed by atoms with Crippen LogP contribution in [0.5, 0.6) is 0 Å². The van der Waals surface area contributed by atoms with Gasteiger partial charge in [0.15, 0.2) is 5.82 Å². The van der Waals surface area contributed by atoms with Gasteiger partial charge in [0.05, 0.1) is 22.6 Å². The van der Waals surface area contributed by atoms with Gasteiger partial charge < -0.3 is 16.8 Å². The van der Waals surface area contributed by atoms with E-state index in [1.54, 1.807) is 10.6 Å². The van der Waals surface area contributed by atoms with Crippen LogP contribution in [-0.2, 0) is 0 Å². The number of rotatable bonds is 4. The van der Waals surface area contributed by atoms with E-state index < -0.39 is 6.04 Å². The number of nitrogen functional groups attached to an aromatic ring is 2. The number of nitrogens with two attached hydrogens (primary N) is 2. The van der Waals surface area contributed by atoms with Crippen LogP contribution in [0.15, 0.2) is 53.3 Å².